The highest BCUT2D eigenvalue weighted by Crippen LogP contribution is 2.21. The Bertz CT molecular complexity index is 1120. The summed E-state index contributed by atoms with van der Waals surface area (Å²) in [5, 5.41) is 2.73. The van der Waals surface area contributed by atoms with Gasteiger partial charge < -0.3 is 10.1 Å². The van der Waals surface area contributed by atoms with Gasteiger partial charge in [-0.05, 0) is 67.7 Å². The normalized spacial score (nSPS) is 15.2. The minimum Gasteiger partial charge on any atom is -0.452 e. The van der Waals surface area contributed by atoms with Gasteiger partial charge in [-0.3, -0.25) is 4.79 Å². The molecule has 176 valence electrons. The van der Waals surface area contributed by atoms with Gasteiger partial charge in [-0.15, -0.1) is 0 Å². The first-order valence-electron chi connectivity index (χ1n) is 11.1. The Morgan fingerprint density at radius 1 is 1.00 bits per heavy atom. The SMILES string of the molecule is Cc1cccc(NC(=O)COC(=O)/C=C/c2ccc(S(=O)(=O)N3CCCCCC3)cc2)c1C. The Hall–Kier alpha value is -2.97. The second kappa shape index (κ2) is 11.2. The summed E-state index contributed by atoms with van der Waals surface area (Å²) in [5.41, 5.74) is 3.35. The zero-order valence-corrected chi connectivity index (χ0v) is 19.9. The van der Waals surface area contributed by atoms with Crippen LogP contribution in [0.15, 0.2) is 53.4 Å². The molecule has 1 heterocycles. The van der Waals surface area contributed by atoms with E-state index in [1.807, 2.05) is 26.0 Å². The van der Waals surface area contributed by atoms with Crippen molar-refractivity contribution in [3.05, 3.63) is 65.2 Å². The van der Waals surface area contributed by atoms with E-state index >= 15 is 0 Å². The van der Waals surface area contributed by atoms with Crippen LogP contribution in [0.4, 0.5) is 5.69 Å². The van der Waals surface area contributed by atoms with Gasteiger partial charge in [0.1, 0.15) is 0 Å². The molecule has 0 atom stereocenters. The van der Waals surface area contributed by atoms with Gasteiger partial charge in [-0.25, -0.2) is 13.2 Å². The van der Waals surface area contributed by atoms with Gasteiger partial charge in [-0.1, -0.05) is 37.1 Å². The number of carbonyl (C=O) groups excluding carboxylic acids is 2. The molecular formula is C25H30N2O5S. The molecule has 1 fully saturated rings. The molecule has 7 nitrogen and oxygen atoms in total. The van der Waals surface area contributed by atoms with E-state index in [1.165, 1.54) is 12.2 Å². The average Bonchev–Trinajstić information content (AvgIpc) is 3.10. The van der Waals surface area contributed by atoms with Crippen LogP contribution < -0.4 is 5.32 Å². The van der Waals surface area contributed by atoms with Crippen molar-refractivity contribution in [3.63, 3.8) is 0 Å². The van der Waals surface area contributed by atoms with Crippen LogP contribution in [0.25, 0.3) is 6.08 Å². The standard InChI is InChI=1S/C25H30N2O5S/c1-19-8-7-9-23(20(19)2)26-24(28)18-32-25(29)15-12-21-10-13-22(14-11-21)33(30,31)27-16-5-3-4-6-17-27/h7-15H,3-6,16-18H2,1-2H3,(H,26,28)/b15-12+. The van der Waals surface area contributed by atoms with Crippen LogP contribution in [0, 0.1) is 13.8 Å². The molecule has 2 aromatic rings. The second-order valence-corrected chi connectivity index (χ2v) is 10.1. The Morgan fingerprint density at radius 3 is 2.33 bits per heavy atom. The zero-order chi connectivity index (χ0) is 23.8. The molecule has 0 bridgehead atoms. The number of nitrogens with zero attached hydrogens (tertiary/aromatic N) is 1. The van der Waals surface area contributed by atoms with E-state index in [2.05, 4.69) is 5.32 Å². The van der Waals surface area contributed by atoms with Crippen LogP contribution in [0.1, 0.15) is 42.4 Å². The number of hydrogen-bond acceptors (Lipinski definition) is 5. The number of ether oxygens (including phenoxy) is 1. The van der Waals surface area contributed by atoms with Gasteiger partial charge >= 0.3 is 5.97 Å². The smallest absolute Gasteiger partial charge is 0.331 e. The summed E-state index contributed by atoms with van der Waals surface area (Å²) < 4.78 is 32.2. The van der Waals surface area contributed by atoms with Crippen LogP contribution in [-0.4, -0.2) is 44.3 Å². The van der Waals surface area contributed by atoms with Gasteiger partial charge in [0.25, 0.3) is 5.91 Å². The lowest BCUT2D eigenvalue weighted by Crippen LogP contribution is -2.31. The summed E-state index contributed by atoms with van der Waals surface area (Å²) in [6.07, 6.45) is 6.60. The molecule has 1 N–H and O–H groups in total. The highest BCUT2D eigenvalue weighted by Gasteiger charge is 2.24. The number of aryl methyl sites for hydroxylation is 1. The number of esters is 1. The number of rotatable bonds is 7. The predicted octanol–water partition coefficient (Wildman–Crippen LogP) is 4.06. The largest absolute Gasteiger partial charge is 0.452 e. The average molecular weight is 471 g/mol. The van der Waals surface area contributed by atoms with Gasteiger partial charge in [0, 0.05) is 24.9 Å². The van der Waals surface area contributed by atoms with E-state index in [0.29, 0.717) is 24.3 Å². The molecule has 0 radical (unpaired) electrons. The lowest BCUT2D eigenvalue weighted by atomic mass is 10.1. The summed E-state index contributed by atoms with van der Waals surface area (Å²) in [4.78, 5) is 24.3. The van der Waals surface area contributed by atoms with Crippen molar-refractivity contribution in [1.82, 2.24) is 4.31 Å². The molecule has 2 aromatic carbocycles. The molecule has 33 heavy (non-hydrogen) atoms. The molecule has 0 spiro atoms. The maximum Gasteiger partial charge on any atom is 0.331 e. The van der Waals surface area contributed by atoms with Crippen molar-refractivity contribution >= 4 is 33.7 Å². The number of hydrogen-bond donors (Lipinski definition) is 1. The van der Waals surface area contributed by atoms with Gasteiger partial charge in [0.2, 0.25) is 10.0 Å². The van der Waals surface area contributed by atoms with E-state index in [9.17, 15) is 18.0 Å². The Labute approximate surface area is 195 Å². The zero-order valence-electron chi connectivity index (χ0n) is 19.0. The number of nitrogens with one attached hydrogen (secondary N) is 1. The minimum absolute atomic E-state index is 0.243. The topological polar surface area (TPSA) is 92.8 Å². The molecule has 8 heteroatoms. The van der Waals surface area contributed by atoms with Crippen molar-refractivity contribution in [1.29, 1.82) is 0 Å². The predicted molar refractivity (Wildman–Crippen MR) is 128 cm³/mol. The van der Waals surface area contributed by atoms with Gasteiger partial charge in [-0.2, -0.15) is 4.31 Å². The fourth-order valence-electron chi connectivity index (χ4n) is 3.60. The number of carbonyl (C=O) groups is 2. The number of amides is 1. The van der Waals surface area contributed by atoms with Crippen LogP contribution in [0.5, 0.6) is 0 Å². The third kappa shape index (κ3) is 6.76. The Kier molecular flexibility index (Phi) is 8.41. The molecule has 0 saturated carbocycles. The van der Waals surface area contributed by atoms with Crippen molar-refractivity contribution in [2.75, 3.05) is 25.0 Å². The summed E-state index contributed by atoms with van der Waals surface area (Å²) in [5.74, 6) is -1.08. The lowest BCUT2D eigenvalue weighted by Gasteiger charge is -2.19. The molecule has 3 rings (SSSR count). The van der Waals surface area contributed by atoms with E-state index < -0.39 is 28.5 Å². The van der Waals surface area contributed by atoms with E-state index in [0.717, 1.165) is 36.8 Å². The molecule has 0 aliphatic carbocycles. The Balaban J connectivity index is 1.52. The third-order valence-electron chi connectivity index (χ3n) is 5.72. The van der Waals surface area contributed by atoms with Crippen molar-refractivity contribution < 1.29 is 22.7 Å². The maximum atomic E-state index is 12.8. The molecule has 1 aliphatic heterocycles. The summed E-state index contributed by atoms with van der Waals surface area (Å²) in [7, 11) is -3.51. The molecule has 1 saturated heterocycles. The van der Waals surface area contributed by atoms with E-state index in [-0.39, 0.29) is 4.90 Å². The number of benzene rings is 2. The molecule has 0 aromatic heterocycles. The van der Waals surface area contributed by atoms with Crippen LogP contribution >= 0.6 is 0 Å². The monoisotopic (exact) mass is 470 g/mol. The van der Waals surface area contributed by atoms with Crippen molar-refractivity contribution in [3.8, 4) is 0 Å². The van der Waals surface area contributed by atoms with E-state index in [1.54, 1.807) is 34.6 Å². The molecular weight excluding hydrogens is 440 g/mol. The number of sulfonamides is 1. The molecule has 1 aliphatic rings. The van der Waals surface area contributed by atoms with E-state index in [4.69, 9.17) is 4.74 Å². The lowest BCUT2D eigenvalue weighted by molar-refractivity contribution is -0.142. The van der Waals surface area contributed by atoms with Gasteiger partial charge in [0.05, 0.1) is 4.90 Å². The van der Waals surface area contributed by atoms with Crippen LogP contribution in [-0.2, 0) is 24.3 Å². The summed E-state index contributed by atoms with van der Waals surface area (Å²) in [6.45, 7) is 4.56. The molecule has 0 unspecified atom stereocenters. The fraction of sp³-hybridized carbons (Fsp3) is 0.360. The van der Waals surface area contributed by atoms with Crippen LogP contribution in [0.3, 0.4) is 0 Å². The quantitative estimate of drug-likeness (QED) is 0.487. The summed E-state index contributed by atoms with van der Waals surface area (Å²) >= 11 is 0. The third-order valence-corrected chi connectivity index (χ3v) is 7.63. The first-order chi connectivity index (χ1) is 15.8. The summed E-state index contributed by atoms with van der Waals surface area (Å²) in [6, 6.07) is 12.0. The van der Waals surface area contributed by atoms with Crippen LogP contribution in [0.2, 0.25) is 0 Å². The molecule has 1 amide bonds. The highest BCUT2D eigenvalue weighted by atomic mass is 32.2. The van der Waals surface area contributed by atoms with Gasteiger partial charge in [0.15, 0.2) is 6.61 Å². The number of anilines is 1. The minimum atomic E-state index is -3.51. The first kappa shape index (κ1) is 24.7. The fourth-order valence-corrected chi connectivity index (χ4v) is 5.12. The second-order valence-electron chi connectivity index (χ2n) is 8.12. The Morgan fingerprint density at radius 2 is 1.67 bits per heavy atom. The highest BCUT2D eigenvalue weighted by molar-refractivity contribution is 7.89. The first-order valence-corrected chi connectivity index (χ1v) is 12.5. The van der Waals surface area contributed by atoms with Crippen molar-refractivity contribution in [2.45, 2.75) is 44.4 Å². The maximum absolute atomic E-state index is 12.8. The van der Waals surface area contributed by atoms with Crippen molar-refractivity contribution in [2.24, 2.45) is 0 Å².